The van der Waals surface area contributed by atoms with Gasteiger partial charge in [0.1, 0.15) is 4.90 Å². The maximum absolute atomic E-state index is 15.3. The molecule has 0 saturated carbocycles. The maximum atomic E-state index is 15.3. The summed E-state index contributed by atoms with van der Waals surface area (Å²) in [5.41, 5.74) is 8.74. The van der Waals surface area contributed by atoms with Crippen LogP contribution in [0.2, 0.25) is 0 Å². The number of para-hydroxylation sites is 5. The molecule has 226 valence electrons. The van der Waals surface area contributed by atoms with Gasteiger partial charge in [0.2, 0.25) is 9.84 Å². The van der Waals surface area contributed by atoms with Gasteiger partial charge in [0.25, 0.3) is 0 Å². The monoisotopic (exact) mass is 634 g/mol. The molecule has 9 aromatic rings. The van der Waals surface area contributed by atoms with E-state index < -0.39 is 15.3 Å². The van der Waals surface area contributed by atoms with Crippen molar-refractivity contribution in [2.75, 3.05) is 0 Å². The number of rotatable bonds is 1. The lowest BCUT2D eigenvalue weighted by molar-refractivity contribution is 0.579. The fourth-order valence-electron chi connectivity index (χ4n) is 8.99. The van der Waals surface area contributed by atoms with Crippen LogP contribution in [0.3, 0.4) is 0 Å². The van der Waals surface area contributed by atoms with Gasteiger partial charge in [-0.25, -0.2) is 8.42 Å². The van der Waals surface area contributed by atoms with E-state index in [1.54, 1.807) is 6.07 Å². The third kappa shape index (κ3) is 2.91. The third-order valence-electron chi connectivity index (χ3n) is 10.7. The quantitative estimate of drug-likeness (QED) is 0.180. The summed E-state index contributed by atoms with van der Waals surface area (Å²) in [6, 6.07) is 53.9. The minimum absolute atomic E-state index is 0.353. The summed E-state index contributed by atoms with van der Waals surface area (Å²) in [7, 11) is -3.98. The molecule has 2 aromatic heterocycles. The number of hydrogen-bond donors (Lipinski definition) is 0. The minimum Gasteiger partial charge on any atom is -0.309 e. The van der Waals surface area contributed by atoms with E-state index in [-0.39, 0.29) is 0 Å². The summed E-state index contributed by atoms with van der Waals surface area (Å²) in [6.07, 6.45) is 0. The topological polar surface area (TPSA) is 44.0 Å². The van der Waals surface area contributed by atoms with Crippen LogP contribution >= 0.6 is 0 Å². The molecule has 1 spiro atoms. The number of fused-ring (bicyclic) bond motifs is 15. The van der Waals surface area contributed by atoms with Crippen molar-refractivity contribution in [3.05, 3.63) is 180 Å². The smallest absolute Gasteiger partial charge is 0.209 e. The van der Waals surface area contributed by atoms with Gasteiger partial charge >= 0.3 is 0 Å². The summed E-state index contributed by atoms with van der Waals surface area (Å²) in [6.45, 7) is 0. The summed E-state index contributed by atoms with van der Waals surface area (Å²) in [4.78, 5) is 0.723. The van der Waals surface area contributed by atoms with Crippen LogP contribution in [-0.2, 0) is 15.3 Å². The molecule has 1 unspecified atom stereocenters. The number of nitrogens with zero attached hydrogens (tertiary/aromatic N) is 2. The van der Waals surface area contributed by atoms with E-state index in [0.29, 0.717) is 15.3 Å². The van der Waals surface area contributed by atoms with Crippen molar-refractivity contribution in [2.24, 2.45) is 0 Å². The van der Waals surface area contributed by atoms with Gasteiger partial charge in [-0.3, -0.25) is 0 Å². The predicted molar refractivity (Wildman–Crippen MR) is 192 cm³/mol. The highest BCUT2D eigenvalue weighted by atomic mass is 32.2. The summed E-state index contributed by atoms with van der Waals surface area (Å²) in [5, 5.41) is 4.28. The highest BCUT2D eigenvalue weighted by molar-refractivity contribution is 7.92. The Morgan fingerprint density at radius 2 is 1.00 bits per heavy atom. The zero-order chi connectivity index (χ0) is 31.8. The van der Waals surface area contributed by atoms with Crippen molar-refractivity contribution in [1.82, 2.24) is 9.13 Å². The van der Waals surface area contributed by atoms with Gasteiger partial charge in [0.15, 0.2) is 0 Å². The second-order valence-electron chi connectivity index (χ2n) is 12.8. The van der Waals surface area contributed by atoms with Crippen molar-refractivity contribution < 1.29 is 8.42 Å². The molecule has 0 bridgehead atoms. The molecule has 5 heteroatoms. The SMILES string of the molecule is O=S1(=O)c2ccccc2C2(c3ccccc3-n3c4ccccc4c4cccc2c43)c2ccc3c4ccccc4n(-c4ccccc4)c3c21. The average Bonchev–Trinajstić information content (AvgIpc) is 3.66. The lowest BCUT2D eigenvalue weighted by Gasteiger charge is -2.45. The molecule has 11 rings (SSSR count). The van der Waals surface area contributed by atoms with Crippen molar-refractivity contribution >= 4 is 53.4 Å². The van der Waals surface area contributed by atoms with Crippen molar-refractivity contribution in [3.63, 3.8) is 0 Å². The van der Waals surface area contributed by atoms with Gasteiger partial charge in [-0.05, 0) is 58.7 Å². The van der Waals surface area contributed by atoms with E-state index in [4.69, 9.17) is 0 Å². The fourth-order valence-corrected chi connectivity index (χ4v) is 10.9. The van der Waals surface area contributed by atoms with E-state index in [2.05, 4.69) is 112 Å². The average molecular weight is 635 g/mol. The molecule has 1 atom stereocenters. The van der Waals surface area contributed by atoms with Crippen LogP contribution in [0.15, 0.2) is 168 Å². The van der Waals surface area contributed by atoms with Gasteiger partial charge in [-0.2, -0.15) is 0 Å². The first-order valence-corrected chi connectivity index (χ1v) is 17.7. The minimum atomic E-state index is -3.98. The van der Waals surface area contributed by atoms with E-state index in [9.17, 15) is 0 Å². The van der Waals surface area contributed by atoms with Gasteiger partial charge < -0.3 is 9.13 Å². The summed E-state index contributed by atoms with van der Waals surface area (Å²) in [5.74, 6) is 0. The summed E-state index contributed by atoms with van der Waals surface area (Å²) >= 11 is 0. The highest BCUT2D eigenvalue weighted by Gasteiger charge is 2.53. The molecule has 4 nitrogen and oxygen atoms in total. The Kier molecular flexibility index (Phi) is 4.86. The Morgan fingerprint density at radius 3 is 1.79 bits per heavy atom. The Hall–Kier alpha value is -5.91. The maximum Gasteiger partial charge on any atom is 0.209 e. The van der Waals surface area contributed by atoms with Crippen LogP contribution in [0.25, 0.3) is 55.0 Å². The third-order valence-corrected chi connectivity index (χ3v) is 12.6. The Labute approximate surface area is 276 Å². The Morgan fingerprint density at radius 1 is 0.417 bits per heavy atom. The number of benzene rings is 7. The predicted octanol–water partition coefficient (Wildman–Crippen LogP) is 9.72. The first-order chi connectivity index (χ1) is 23.6. The highest BCUT2D eigenvalue weighted by Crippen LogP contribution is 2.60. The van der Waals surface area contributed by atoms with Gasteiger partial charge in [-0.1, -0.05) is 121 Å². The number of aromatic nitrogens is 2. The fraction of sp³-hybridized carbons (Fsp3) is 0.0233. The van der Waals surface area contributed by atoms with Crippen molar-refractivity contribution in [3.8, 4) is 11.4 Å². The number of hydrogen-bond acceptors (Lipinski definition) is 2. The second-order valence-corrected chi connectivity index (χ2v) is 14.7. The molecular formula is C43H26N2O2S. The Balaban J connectivity index is 1.44. The van der Waals surface area contributed by atoms with Crippen LogP contribution in [-0.4, -0.2) is 17.6 Å². The first-order valence-electron chi connectivity index (χ1n) is 16.2. The first kappa shape index (κ1) is 26.2. The van der Waals surface area contributed by atoms with E-state index in [0.717, 1.165) is 66.3 Å². The molecule has 7 aromatic carbocycles. The van der Waals surface area contributed by atoms with Gasteiger partial charge in [-0.15, -0.1) is 0 Å². The molecule has 0 aliphatic carbocycles. The van der Waals surface area contributed by atoms with Crippen molar-refractivity contribution in [2.45, 2.75) is 15.2 Å². The molecule has 4 heterocycles. The lowest BCUT2D eigenvalue weighted by atomic mass is 9.62. The molecule has 0 N–H and O–H groups in total. The van der Waals surface area contributed by atoms with E-state index >= 15 is 8.42 Å². The molecule has 2 aliphatic rings. The molecule has 0 radical (unpaired) electrons. The lowest BCUT2D eigenvalue weighted by Crippen LogP contribution is -2.40. The molecule has 2 aliphatic heterocycles. The molecule has 0 amide bonds. The Bertz CT molecular complexity index is 2970. The molecule has 0 saturated heterocycles. The second kappa shape index (κ2) is 8.91. The molecule has 0 fully saturated rings. The molecular weight excluding hydrogens is 609 g/mol. The summed E-state index contributed by atoms with van der Waals surface area (Å²) < 4.78 is 35.2. The van der Waals surface area contributed by atoms with Crippen LogP contribution in [0, 0.1) is 0 Å². The van der Waals surface area contributed by atoms with E-state index in [1.165, 1.54) is 5.39 Å². The van der Waals surface area contributed by atoms with Crippen LogP contribution in [0.4, 0.5) is 0 Å². The normalized spacial score (nSPS) is 17.2. The van der Waals surface area contributed by atoms with Crippen LogP contribution < -0.4 is 0 Å². The van der Waals surface area contributed by atoms with E-state index in [1.807, 2.05) is 48.5 Å². The molecule has 48 heavy (non-hydrogen) atoms. The van der Waals surface area contributed by atoms with Gasteiger partial charge in [0, 0.05) is 27.2 Å². The number of sulfone groups is 1. The van der Waals surface area contributed by atoms with Crippen LogP contribution in [0.5, 0.6) is 0 Å². The zero-order valence-electron chi connectivity index (χ0n) is 25.6. The zero-order valence-corrected chi connectivity index (χ0v) is 26.4. The van der Waals surface area contributed by atoms with Gasteiger partial charge in [0.05, 0.1) is 38.1 Å². The largest absolute Gasteiger partial charge is 0.309 e. The standard InChI is InChI=1S/C43H26N2O2S/c46-48(47)39-24-11-7-19-33(39)43(32-18-6-10-23-38(32)45-37-22-9-5-15-28(37)30-17-12-20-34(43)40(30)45)35-26-25-31-29-16-4-8-21-36(29)44(41(31)42(35)48)27-13-2-1-3-14-27/h1-26H. The van der Waals surface area contributed by atoms with Crippen LogP contribution in [0.1, 0.15) is 22.3 Å². The van der Waals surface area contributed by atoms with Crippen molar-refractivity contribution in [1.29, 1.82) is 0 Å².